The minimum absolute atomic E-state index is 0.215. The van der Waals surface area contributed by atoms with Gasteiger partial charge in [-0.1, -0.05) is 41.5 Å². The average molecular weight is 519 g/mol. The highest BCUT2D eigenvalue weighted by Gasteiger charge is 2.48. The number of hydrogen-bond donors (Lipinski definition) is 0. The quantitative estimate of drug-likeness (QED) is 0.145. The van der Waals surface area contributed by atoms with Crippen molar-refractivity contribution in [3.05, 3.63) is 52.6 Å². The van der Waals surface area contributed by atoms with E-state index in [1.165, 1.54) is 0 Å². The lowest BCUT2D eigenvalue weighted by Gasteiger charge is -2.42. The van der Waals surface area contributed by atoms with Gasteiger partial charge in [0.05, 0.1) is 16.2 Å². The van der Waals surface area contributed by atoms with Crippen LogP contribution in [0.2, 0.25) is 16.6 Å². The van der Waals surface area contributed by atoms with Gasteiger partial charge in [-0.3, -0.25) is 0 Å². The highest BCUT2D eigenvalue weighted by atomic mass is 28.4. The predicted octanol–water partition coefficient (Wildman–Crippen LogP) is 9.25. The molecule has 0 saturated carbocycles. The normalized spacial score (nSPS) is 13.1. The van der Waals surface area contributed by atoms with Crippen molar-refractivity contribution in [2.45, 2.75) is 58.2 Å². The molecule has 4 rings (SSSR count). The van der Waals surface area contributed by atoms with E-state index in [1.807, 2.05) is 0 Å². The monoisotopic (exact) mass is 518 g/mol. The van der Waals surface area contributed by atoms with Gasteiger partial charge in [0.2, 0.25) is 0 Å². The maximum atomic E-state index is 15.8. The molecule has 188 valence electrons. The van der Waals surface area contributed by atoms with Crippen LogP contribution in [0, 0.1) is 46.5 Å². The zero-order chi connectivity index (χ0) is 26.3. The molecule has 4 aromatic carbocycles. The summed E-state index contributed by atoms with van der Waals surface area (Å²) in [5, 5.41) is -6.59. The fourth-order valence-corrected chi connectivity index (χ4v) is 10.9. The second kappa shape index (κ2) is 8.21. The van der Waals surface area contributed by atoms with Crippen molar-refractivity contribution in [3.8, 4) is 5.75 Å². The van der Waals surface area contributed by atoms with E-state index >= 15 is 17.6 Å². The highest BCUT2D eigenvalue weighted by Crippen LogP contribution is 2.49. The van der Waals surface area contributed by atoms with Crippen molar-refractivity contribution in [3.63, 3.8) is 0 Å². The summed E-state index contributed by atoms with van der Waals surface area (Å²) in [7, 11) is -3.12. The Bertz CT molecular complexity index is 1450. The molecule has 0 unspecified atom stereocenters. The second-order valence-electron chi connectivity index (χ2n) is 9.73. The Morgan fingerprint density at radius 1 is 0.514 bits per heavy atom. The first-order valence-electron chi connectivity index (χ1n) is 11.1. The minimum Gasteiger partial charge on any atom is -0.539 e. The van der Waals surface area contributed by atoms with Crippen molar-refractivity contribution in [2.75, 3.05) is 0 Å². The van der Waals surface area contributed by atoms with E-state index in [2.05, 4.69) is 0 Å². The zero-order valence-electron chi connectivity index (χ0n) is 19.7. The molecule has 10 heteroatoms. The lowest BCUT2D eigenvalue weighted by molar-refractivity contribution is 0.417. The van der Waals surface area contributed by atoms with Crippen LogP contribution in [0.4, 0.5) is 35.1 Å². The lowest BCUT2D eigenvalue weighted by atomic mass is 9.91. The zero-order valence-corrected chi connectivity index (χ0v) is 20.7. The summed E-state index contributed by atoms with van der Waals surface area (Å²) in [5.41, 5.74) is -0.646. The van der Waals surface area contributed by atoms with Gasteiger partial charge in [0, 0.05) is 16.2 Å². The molecule has 0 N–H and O–H groups in total. The largest absolute Gasteiger partial charge is 0.539 e. The molecule has 0 radical (unpaired) electrons. The summed E-state index contributed by atoms with van der Waals surface area (Å²) in [6.45, 7) is 10.8. The van der Waals surface area contributed by atoms with Crippen LogP contribution in [0.3, 0.4) is 0 Å². The van der Waals surface area contributed by atoms with Crippen LogP contribution in [0.15, 0.2) is 6.07 Å². The van der Waals surface area contributed by atoms with Crippen LogP contribution in [0.1, 0.15) is 41.5 Å². The van der Waals surface area contributed by atoms with Crippen LogP contribution >= 0.6 is 0 Å². The molecule has 35 heavy (non-hydrogen) atoms. The van der Waals surface area contributed by atoms with E-state index in [0.717, 1.165) is 0 Å². The molecule has 0 aliphatic rings. The van der Waals surface area contributed by atoms with Gasteiger partial charge >= 0.3 is 0 Å². The van der Waals surface area contributed by atoms with Gasteiger partial charge in [-0.05, 0) is 22.7 Å². The number of hydrogen-bond acceptors (Lipinski definition) is 1. The van der Waals surface area contributed by atoms with E-state index in [0.29, 0.717) is 0 Å². The molecule has 0 saturated heterocycles. The summed E-state index contributed by atoms with van der Waals surface area (Å²) < 4.78 is 126. The third kappa shape index (κ3) is 3.17. The van der Waals surface area contributed by atoms with E-state index in [4.69, 9.17) is 4.43 Å². The summed E-state index contributed by atoms with van der Waals surface area (Å²) in [6.07, 6.45) is 0. The van der Waals surface area contributed by atoms with Crippen LogP contribution in [0.5, 0.6) is 5.75 Å². The van der Waals surface area contributed by atoms with Gasteiger partial charge < -0.3 is 4.43 Å². The highest BCUT2D eigenvalue weighted by molar-refractivity contribution is 6.78. The Kier molecular flexibility index (Phi) is 5.98. The van der Waals surface area contributed by atoms with Gasteiger partial charge in [0.1, 0.15) is 0 Å². The number of rotatable bonds is 5. The van der Waals surface area contributed by atoms with Crippen LogP contribution in [-0.2, 0) is 0 Å². The minimum atomic E-state index is -3.12. The van der Waals surface area contributed by atoms with Crippen LogP contribution in [-0.4, -0.2) is 8.32 Å². The Labute approximate surface area is 197 Å². The fourth-order valence-electron chi connectivity index (χ4n) is 5.66. The summed E-state index contributed by atoms with van der Waals surface area (Å²) >= 11 is 0. The third-order valence-electron chi connectivity index (χ3n) is 7.07. The van der Waals surface area contributed by atoms with E-state index in [-0.39, 0.29) is 22.7 Å². The maximum Gasteiger partial charge on any atom is 0.259 e. The Morgan fingerprint density at radius 3 is 1.34 bits per heavy atom. The summed E-state index contributed by atoms with van der Waals surface area (Å²) in [4.78, 5) is 0. The first-order valence-corrected chi connectivity index (χ1v) is 13.2. The van der Waals surface area contributed by atoms with Crippen molar-refractivity contribution in [1.82, 2.24) is 0 Å². The molecule has 0 bridgehead atoms. The molecule has 0 fully saturated rings. The molecular weight excluding hydrogens is 496 g/mol. The summed E-state index contributed by atoms with van der Waals surface area (Å²) in [6, 6.07) is 0.237. The standard InChI is InChI=1S/C25H22F8OSi/c1-8(2)35(9(3)4,10(5)6)34-25-23(32)16-14-13-11(18(27)20(16)29)7-12(26)19(28)15(13)21(30)22(31)17(14)24(25)33/h7-10H,1-6H3. The smallest absolute Gasteiger partial charge is 0.259 e. The molecule has 0 heterocycles. The molecule has 0 aliphatic heterocycles. The second-order valence-corrected chi connectivity index (χ2v) is 15.1. The van der Waals surface area contributed by atoms with Gasteiger partial charge in [0.25, 0.3) is 8.32 Å². The Balaban J connectivity index is 2.28. The summed E-state index contributed by atoms with van der Waals surface area (Å²) in [5.74, 6) is -15.8. The number of halogens is 8. The fraction of sp³-hybridized carbons (Fsp3) is 0.360. The van der Waals surface area contributed by atoms with Crippen molar-refractivity contribution in [2.24, 2.45) is 0 Å². The third-order valence-corrected chi connectivity index (χ3v) is 13.0. The molecule has 0 amide bonds. The van der Waals surface area contributed by atoms with E-state index < -0.39 is 92.9 Å². The predicted molar refractivity (Wildman–Crippen MR) is 121 cm³/mol. The lowest BCUT2D eigenvalue weighted by Crippen LogP contribution is -2.51. The van der Waals surface area contributed by atoms with E-state index in [9.17, 15) is 17.6 Å². The maximum absolute atomic E-state index is 15.8. The van der Waals surface area contributed by atoms with Gasteiger partial charge in [0.15, 0.2) is 52.3 Å². The molecule has 0 aliphatic carbocycles. The molecule has 0 aromatic heterocycles. The first-order chi connectivity index (χ1) is 16.2. The molecule has 0 spiro atoms. The van der Waals surface area contributed by atoms with Crippen molar-refractivity contribution in [1.29, 1.82) is 0 Å². The Morgan fingerprint density at radius 2 is 0.914 bits per heavy atom. The topological polar surface area (TPSA) is 9.23 Å². The van der Waals surface area contributed by atoms with Crippen LogP contribution in [0.25, 0.3) is 32.3 Å². The molecular formula is C25H22F8OSi. The number of benzene rings is 4. The SMILES string of the molecule is CC(C)[Si](Oc1c(F)c2c(F)c(F)c3cc(F)c(F)c4c(F)c(F)c(c1F)c2c34)(C(C)C)C(C)C. The molecule has 0 atom stereocenters. The Hall–Kier alpha value is -2.62. The first kappa shape index (κ1) is 25.5. The average Bonchev–Trinajstić information content (AvgIpc) is 2.76. The molecule has 4 aromatic rings. The van der Waals surface area contributed by atoms with Gasteiger partial charge in [-0.15, -0.1) is 0 Å². The van der Waals surface area contributed by atoms with E-state index in [1.54, 1.807) is 41.5 Å². The van der Waals surface area contributed by atoms with Crippen molar-refractivity contribution >= 4 is 40.6 Å². The van der Waals surface area contributed by atoms with Crippen LogP contribution < -0.4 is 4.43 Å². The molecule has 1 nitrogen and oxygen atoms in total. The van der Waals surface area contributed by atoms with Crippen molar-refractivity contribution < 1.29 is 39.5 Å². The van der Waals surface area contributed by atoms with Gasteiger partial charge in [-0.2, -0.15) is 0 Å². The van der Waals surface area contributed by atoms with Gasteiger partial charge in [-0.25, -0.2) is 35.1 Å².